The van der Waals surface area contributed by atoms with Gasteiger partial charge < -0.3 is 41.1 Å². The summed E-state index contributed by atoms with van der Waals surface area (Å²) in [6, 6.07) is 0. The van der Waals surface area contributed by atoms with Crippen LogP contribution >= 0.6 is 0 Å². The second kappa shape index (κ2) is 59.2. The first-order valence-electron chi connectivity index (χ1n) is 21.9. The second-order valence-corrected chi connectivity index (χ2v) is 17.5. The molecule has 0 N–H and O–H groups in total. The van der Waals surface area contributed by atoms with Crippen LogP contribution in [0.4, 0.5) is 0 Å². The summed E-state index contributed by atoms with van der Waals surface area (Å²) in [5, 5.41) is 0. The van der Waals surface area contributed by atoms with Crippen molar-refractivity contribution in [2.75, 3.05) is 0 Å². The largest absolute Gasteiger partial charge is 2.00 e. The van der Waals surface area contributed by atoms with Crippen molar-refractivity contribution >= 4 is 34.7 Å². The van der Waals surface area contributed by atoms with Crippen LogP contribution in [0.5, 0.6) is 0 Å². The Kier molecular flexibility index (Phi) is 82.9. The molecule has 9 heteroatoms. The molecule has 360 valence electrons. The van der Waals surface area contributed by atoms with Crippen LogP contribution in [-0.4, -0.2) is 34.7 Å². The van der Waals surface area contributed by atoms with Gasteiger partial charge in [-0.2, -0.15) is 19.3 Å². The number of hydrogen-bond acceptors (Lipinski definition) is 6. The zero-order valence-electron chi connectivity index (χ0n) is 40.0. The molecule has 0 aliphatic rings. The van der Waals surface area contributed by atoms with Crippen LogP contribution in [-0.2, 0) is 28.8 Å². The monoisotopic (exact) mass is 1540 g/mol. The van der Waals surface area contributed by atoms with Crippen molar-refractivity contribution in [3.05, 3.63) is 26.7 Å². The van der Waals surface area contributed by atoms with Gasteiger partial charge in [0, 0.05) is 99.2 Å². The number of rotatable bonds is 33. The van der Waals surface area contributed by atoms with E-state index in [9.17, 15) is 28.8 Å². The van der Waals surface area contributed by atoms with E-state index in [4.69, 9.17) is 0 Å². The summed E-state index contributed by atoms with van der Waals surface area (Å²) in [7, 11) is 0. The maximum Gasteiger partial charge on any atom is 2.00 e. The van der Waals surface area contributed by atoms with E-state index in [2.05, 4.69) is 41.5 Å². The average molecular weight is 1540 g/mol. The number of carbonyl (C=O) groups excluding carboxylic acids is 6. The second-order valence-electron chi connectivity index (χ2n) is 17.5. The Bertz CT molecular complexity index is 866. The minimum absolute atomic E-state index is 0. The average Bonchev–Trinajstić information content (AvgIpc) is 3.09. The molecule has 0 amide bonds. The van der Waals surface area contributed by atoms with Gasteiger partial charge in [0.05, 0.1) is 0 Å². The van der Waals surface area contributed by atoms with Crippen LogP contribution in [0, 0.1) is 156 Å². The maximum absolute atomic E-state index is 11.6. The molecule has 0 unspecified atom stereocenters. The van der Waals surface area contributed by atoms with E-state index in [-0.39, 0.29) is 158 Å². The quantitative estimate of drug-likeness (QED) is 0.0479. The predicted molar refractivity (Wildman–Crippen MR) is 256 cm³/mol. The van der Waals surface area contributed by atoms with Gasteiger partial charge in [0.15, 0.2) is 0 Å². The van der Waals surface area contributed by atoms with E-state index >= 15 is 0 Å². The van der Waals surface area contributed by atoms with E-state index in [1.54, 1.807) is 0 Å². The van der Waals surface area contributed by atoms with Crippen LogP contribution in [0.25, 0.3) is 0 Å². The Morgan fingerprint density at radius 3 is 0.902 bits per heavy atom. The molecule has 0 saturated heterocycles. The van der Waals surface area contributed by atoms with Crippen molar-refractivity contribution < 1.29 is 122 Å². The van der Waals surface area contributed by atoms with Gasteiger partial charge in [-0.1, -0.05) is 144 Å². The molecule has 0 atom stereocenters. The molecule has 61 heavy (non-hydrogen) atoms. The van der Waals surface area contributed by atoms with Crippen molar-refractivity contribution in [3.8, 4) is 0 Å². The van der Waals surface area contributed by atoms with Crippen LogP contribution in [0.1, 0.15) is 240 Å². The fourth-order valence-electron chi connectivity index (χ4n) is 5.29. The van der Waals surface area contributed by atoms with E-state index in [0.29, 0.717) is 75.1 Å². The molecule has 0 aromatic carbocycles. The topological polar surface area (TPSA) is 102 Å². The van der Waals surface area contributed by atoms with Gasteiger partial charge in [-0.05, 0) is 56.3 Å². The number of carbonyl (C=O) groups is 6. The third kappa shape index (κ3) is 70.4. The third-order valence-corrected chi connectivity index (χ3v) is 9.30. The first-order valence-corrected chi connectivity index (χ1v) is 21.9. The Morgan fingerprint density at radius 1 is 0.361 bits per heavy atom. The molecule has 0 saturated carbocycles. The Labute approximate surface area is 454 Å². The smallest absolute Gasteiger partial charge is 0.358 e. The van der Waals surface area contributed by atoms with Crippen molar-refractivity contribution in [2.45, 2.75) is 240 Å². The summed E-state index contributed by atoms with van der Waals surface area (Å²) in [5.74, 6) is 4.34. The molecule has 0 rings (SSSR count). The number of hydrogen-bond donors (Lipinski definition) is 0. The number of unbranched alkanes of at least 4 members (excludes halogenated alkanes) is 6. The molecular formula is C52H102O6U3-2. The van der Waals surface area contributed by atoms with Crippen molar-refractivity contribution in [2.24, 2.45) is 35.5 Å². The standard InChI is InChI=1S/3C16H29O2.3CH4.CH3.3U/c3*1-13(2)9-5-6-10-15(17)11-7-8-12-16(18)14(3)4;;;;;;;/h8,13-14H,5-7,9-12H2,1-4H3;2*7,13-14H,5-6,8-12H2,1-4H3;3*1H4;1H3;;;/q3*-1;;;;-1;;;+2. The summed E-state index contributed by atoms with van der Waals surface area (Å²) >= 11 is 0. The molecule has 6 nitrogen and oxygen atoms in total. The molecule has 0 aliphatic carbocycles. The van der Waals surface area contributed by atoms with E-state index in [1.165, 1.54) is 19.3 Å². The van der Waals surface area contributed by atoms with Gasteiger partial charge in [-0.15, -0.1) is 19.3 Å². The van der Waals surface area contributed by atoms with Gasteiger partial charge in [-0.3, -0.25) is 14.4 Å². The molecule has 0 spiro atoms. The van der Waals surface area contributed by atoms with E-state index in [1.807, 2.05) is 60.8 Å². The fourth-order valence-corrected chi connectivity index (χ4v) is 5.29. The van der Waals surface area contributed by atoms with Gasteiger partial charge in [0.1, 0.15) is 34.7 Å². The van der Waals surface area contributed by atoms with Gasteiger partial charge >= 0.3 is 31.1 Å². The molecule has 0 aromatic heterocycles. The summed E-state index contributed by atoms with van der Waals surface area (Å²) in [6.07, 6.45) is 23.7. The Morgan fingerprint density at radius 2 is 0.623 bits per heavy atom. The molecule has 0 aromatic rings. The van der Waals surface area contributed by atoms with Crippen molar-refractivity contribution in [1.29, 1.82) is 0 Å². The zero-order valence-corrected chi connectivity index (χ0v) is 52.5. The van der Waals surface area contributed by atoms with Gasteiger partial charge in [0.25, 0.3) is 0 Å². The molecule has 0 fully saturated rings. The Balaban J connectivity index is -0.0000000756. The predicted octanol–water partition coefficient (Wildman–Crippen LogP) is 15.5. The fraction of sp³-hybridized carbons (Fsp3) is 0.808. The molecule has 0 aliphatic heterocycles. The number of Topliss-reactive ketones (excluding diaryl/α,β-unsaturated/α-hetero) is 6. The SMILES string of the molecule is C.C.C.CC(C)CCCCC(=O)CC[CH-]CC(=O)C(C)C.CC(C)CCCCC(=O)C[CH-]CCC(=O)C(C)C.CC(C)CCCCC(=O)C[CH-]CCC(=O)C(C)C.[CH3-].[U+2].[U].[U]. The third-order valence-electron chi connectivity index (χ3n) is 9.30. The van der Waals surface area contributed by atoms with Crippen LogP contribution in [0.15, 0.2) is 0 Å². The molecule has 0 bridgehead atoms. The minimum Gasteiger partial charge on any atom is -0.358 e. The summed E-state index contributed by atoms with van der Waals surface area (Å²) < 4.78 is 0. The van der Waals surface area contributed by atoms with Crippen molar-refractivity contribution in [1.82, 2.24) is 0 Å². The maximum atomic E-state index is 11.6. The Hall–Kier alpha value is 1.18. The molecule has 0 heterocycles. The first kappa shape index (κ1) is 85.5. The molecular weight excluding hydrogens is 1430 g/mol. The number of ketones is 6. The van der Waals surface area contributed by atoms with E-state index in [0.717, 1.165) is 75.5 Å². The zero-order chi connectivity index (χ0) is 41.9. The van der Waals surface area contributed by atoms with Crippen molar-refractivity contribution in [3.63, 3.8) is 0 Å². The molecule has 0 radical (unpaired) electrons. The minimum atomic E-state index is 0. The van der Waals surface area contributed by atoms with E-state index < -0.39 is 0 Å². The van der Waals surface area contributed by atoms with Crippen LogP contribution in [0.2, 0.25) is 0 Å². The first-order chi connectivity index (χ1) is 25.3. The van der Waals surface area contributed by atoms with Crippen LogP contribution < -0.4 is 0 Å². The van der Waals surface area contributed by atoms with Crippen LogP contribution in [0.3, 0.4) is 0 Å². The summed E-state index contributed by atoms with van der Waals surface area (Å²) in [6.45, 7) is 24.8. The van der Waals surface area contributed by atoms with Gasteiger partial charge in [0.2, 0.25) is 0 Å². The van der Waals surface area contributed by atoms with Gasteiger partial charge in [-0.25, -0.2) is 0 Å². The normalized spacial score (nSPS) is 9.93. The summed E-state index contributed by atoms with van der Waals surface area (Å²) in [5.41, 5.74) is 0. The summed E-state index contributed by atoms with van der Waals surface area (Å²) in [4.78, 5) is 68.7.